The Bertz CT molecular complexity index is 418. The van der Waals surface area contributed by atoms with Crippen molar-refractivity contribution >= 4 is 22.0 Å². The van der Waals surface area contributed by atoms with Crippen molar-refractivity contribution in [2.75, 3.05) is 19.4 Å². The molecular weight excluding hydrogens is 262 g/mol. The van der Waals surface area contributed by atoms with Gasteiger partial charge in [0.05, 0.1) is 12.9 Å². The number of carboxylic acid groups (broad SMARTS) is 1. The number of aliphatic carboxylic acids is 1. The number of carboxylic acids is 1. The maximum atomic E-state index is 11.9. The van der Waals surface area contributed by atoms with Crippen LogP contribution in [0.5, 0.6) is 0 Å². The molecule has 1 aliphatic rings. The molecule has 0 amide bonds. The molecule has 0 saturated carbocycles. The van der Waals surface area contributed by atoms with E-state index in [0.29, 0.717) is 12.8 Å². The SMILES string of the molecule is COC(=O)CCCS(=O)(=O)N1CCC[C@H]1C(=O)O. The van der Waals surface area contributed by atoms with Crippen LogP contribution in [0.25, 0.3) is 0 Å². The van der Waals surface area contributed by atoms with E-state index < -0.39 is 28.0 Å². The number of methoxy groups -OCH3 is 1. The van der Waals surface area contributed by atoms with E-state index in [-0.39, 0.29) is 25.1 Å². The zero-order valence-corrected chi connectivity index (χ0v) is 11.0. The van der Waals surface area contributed by atoms with Gasteiger partial charge in [0, 0.05) is 13.0 Å². The molecule has 1 rings (SSSR count). The van der Waals surface area contributed by atoms with E-state index in [2.05, 4.69) is 4.74 Å². The van der Waals surface area contributed by atoms with Gasteiger partial charge in [0.2, 0.25) is 10.0 Å². The predicted octanol–water partition coefficient (Wildman–Crippen LogP) is -0.182. The van der Waals surface area contributed by atoms with E-state index in [1.807, 2.05) is 0 Å². The summed E-state index contributed by atoms with van der Waals surface area (Å²) in [7, 11) is -2.38. The Kier molecular flexibility index (Phi) is 5.09. The van der Waals surface area contributed by atoms with Crippen LogP contribution in [0.1, 0.15) is 25.7 Å². The minimum Gasteiger partial charge on any atom is -0.480 e. The monoisotopic (exact) mass is 279 g/mol. The number of rotatable bonds is 6. The zero-order chi connectivity index (χ0) is 13.8. The third-order valence-electron chi connectivity index (χ3n) is 2.86. The standard InChI is InChI=1S/C10H17NO6S/c1-17-9(12)5-3-7-18(15,16)11-6-2-4-8(11)10(13)14/h8H,2-7H2,1H3,(H,13,14)/t8-/m0/s1. The third kappa shape index (κ3) is 3.67. The first kappa shape index (κ1) is 14.9. The van der Waals surface area contributed by atoms with Gasteiger partial charge >= 0.3 is 11.9 Å². The number of carbonyl (C=O) groups is 2. The van der Waals surface area contributed by atoms with Crippen LogP contribution in [-0.2, 0) is 24.3 Å². The van der Waals surface area contributed by atoms with Gasteiger partial charge in [-0.05, 0) is 19.3 Å². The number of hydrogen-bond acceptors (Lipinski definition) is 5. The number of hydrogen-bond donors (Lipinski definition) is 1. The Balaban J connectivity index is 2.58. The van der Waals surface area contributed by atoms with Gasteiger partial charge < -0.3 is 9.84 Å². The van der Waals surface area contributed by atoms with E-state index >= 15 is 0 Å². The Morgan fingerprint density at radius 1 is 1.44 bits per heavy atom. The van der Waals surface area contributed by atoms with Crippen molar-refractivity contribution in [3.8, 4) is 0 Å². The molecule has 1 aliphatic heterocycles. The van der Waals surface area contributed by atoms with Crippen molar-refractivity contribution in [3.05, 3.63) is 0 Å². The van der Waals surface area contributed by atoms with Crippen molar-refractivity contribution in [2.45, 2.75) is 31.7 Å². The summed E-state index contributed by atoms with van der Waals surface area (Å²) in [6.45, 7) is 0.234. The highest BCUT2D eigenvalue weighted by molar-refractivity contribution is 7.89. The highest BCUT2D eigenvalue weighted by atomic mass is 32.2. The minimum absolute atomic E-state index is 0.0152. The lowest BCUT2D eigenvalue weighted by molar-refractivity contribution is -0.141. The van der Waals surface area contributed by atoms with Crippen LogP contribution in [0.2, 0.25) is 0 Å². The molecule has 0 spiro atoms. The summed E-state index contributed by atoms with van der Waals surface area (Å²) in [5, 5.41) is 8.92. The maximum absolute atomic E-state index is 11.9. The first-order valence-corrected chi connectivity index (χ1v) is 7.28. The molecule has 8 heteroatoms. The van der Waals surface area contributed by atoms with Crippen LogP contribution in [0.3, 0.4) is 0 Å². The summed E-state index contributed by atoms with van der Waals surface area (Å²) in [4.78, 5) is 21.8. The quantitative estimate of drug-likeness (QED) is 0.677. The van der Waals surface area contributed by atoms with Gasteiger partial charge in [0.1, 0.15) is 6.04 Å². The number of carbonyl (C=O) groups excluding carboxylic acids is 1. The fourth-order valence-electron chi connectivity index (χ4n) is 1.94. The average Bonchev–Trinajstić information content (AvgIpc) is 2.78. The number of esters is 1. The lowest BCUT2D eigenvalue weighted by Gasteiger charge is -2.20. The predicted molar refractivity (Wildman–Crippen MR) is 62.4 cm³/mol. The van der Waals surface area contributed by atoms with E-state index in [4.69, 9.17) is 5.11 Å². The first-order chi connectivity index (χ1) is 8.38. The molecule has 0 unspecified atom stereocenters. The van der Waals surface area contributed by atoms with Crippen molar-refractivity contribution in [3.63, 3.8) is 0 Å². The van der Waals surface area contributed by atoms with Gasteiger partial charge in [-0.1, -0.05) is 0 Å². The highest BCUT2D eigenvalue weighted by Gasteiger charge is 2.38. The van der Waals surface area contributed by atoms with Gasteiger partial charge in [-0.2, -0.15) is 4.31 Å². The second kappa shape index (κ2) is 6.14. The summed E-state index contributed by atoms with van der Waals surface area (Å²) < 4.78 is 29.3. The van der Waals surface area contributed by atoms with Crippen molar-refractivity contribution in [2.24, 2.45) is 0 Å². The van der Waals surface area contributed by atoms with Crippen molar-refractivity contribution in [1.82, 2.24) is 4.31 Å². The van der Waals surface area contributed by atoms with E-state index in [1.54, 1.807) is 0 Å². The molecule has 104 valence electrons. The van der Waals surface area contributed by atoms with Crippen LogP contribution < -0.4 is 0 Å². The molecule has 0 aromatic heterocycles. The third-order valence-corrected chi connectivity index (χ3v) is 4.81. The van der Waals surface area contributed by atoms with Gasteiger partial charge in [-0.3, -0.25) is 9.59 Å². The summed E-state index contributed by atoms with van der Waals surface area (Å²) in [5.74, 6) is -1.82. The molecule has 18 heavy (non-hydrogen) atoms. The lowest BCUT2D eigenvalue weighted by Crippen LogP contribution is -2.41. The molecule has 1 heterocycles. The van der Waals surface area contributed by atoms with Crippen LogP contribution in [-0.4, -0.2) is 55.2 Å². The van der Waals surface area contributed by atoms with Gasteiger partial charge in [-0.25, -0.2) is 8.42 Å². The molecule has 0 aromatic rings. The van der Waals surface area contributed by atoms with E-state index in [0.717, 1.165) is 4.31 Å². The second-order valence-corrected chi connectivity index (χ2v) is 6.14. The summed E-state index contributed by atoms with van der Waals surface area (Å²) >= 11 is 0. The fourth-order valence-corrected chi connectivity index (χ4v) is 3.67. The van der Waals surface area contributed by atoms with Gasteiger partial charge in [0.25, 0.3) is 0 Å². The Morgan fingerprint density at radius 2 is 2.11 bits per heavy atom. The second-order valence-electron chi connectivity index (χ2n) is 4.10. The molecule has 1 atom stereocenters. The molecule has 0 bridgehead atoms. The van der Waals surface area contributed by atoms with Crippen molar-refractivity contribution < 1.29 is 27.9 Å². The summed E-state index contributed by atoms with van der Waals surface area (Å²) in [6.07, 6.45) is 1.04. The molecule has 0 radical (unpaired) electrons. The minimum atomic E-state index is -3.61. The zero-order valence-electron chi connectivity index (χ0n) is 10.2. The van der Waals surface area contributed by atoms with E-state index in [1.165, 1.54) is 7.11 Å². The average molecular weight is 279 g/mol. The Labute approximate surface area is 106 Å². The van der Waals surface area contributed by atoms with Crippen LogP contribution in [0.4, 0.5) is 0 Å². The summed E-state index contributed by atoms with van der Waals surface area (Å²) in [5.41, 5.74) is 0. The van der Waals surface area contributed by atoms with Crippen LogP contribution >= 0.6 is 0 Å². The largest absolute Gasteiger partial charge is 0.480 e. The van der Waals surface area contributed by atoms with E-state index in [9.17, 15) is 18.0 Å². The van der Waals surface area contributed by atoms with Gasteiger partial charge in [0.15, 0.2) is 0 Å². The Morgan fingerprint density at radius 3 is 2.67 bits per heavy atom. The molecular formula is C10H17NO6S. The number of ether oxygens (including phenoxy) is 1. The topological polar surface area (TPSA) is 101 Å². The molecule has 0 aromatic carbocycles. The Hall–Kier alpha value is -1.15. The fraction of sp³-hybridized carbons (Fsp3) is 0.800. The van der Waals surface area contributed by atoms with Crippen LogP contribution in [0, 0.1) is 0 Å². The smallest absolute Gasteiger partial charge is 0.322 e. The normalized spacial score (nSPS) is 20.8. The molecule has 7 nitrogen and oxygen atoms in total. The van der Waals surface area contributed by atoms with Crippen molar-refractivity contribution in [1.29, 1.82) is 0 Å². The van der Waals surface area contributed by atoms with Crippen LogP contribution in [0.15, 0.2) is 0 Å². The summed E-state index contributed by atoms with van der Waals surface area (Å²) in [6, 6.07) is -0.965. The molecule has 1 fully saturated rings. The number of nitrogens with zero attached hydrogens (tertiary/aromatic N) is 1. The molecule has 1 N–H and O–H groups in total. The number of sulfonamides is 1. The first-order valence-electron chi connectivity index (χ1n) is 5.67. The molecule has 0 aliphatic carbocycles. The van der Waals surface area contributed by atoms with Gasteiger partial charge in [-0.15, -0.1) is 0 Å². The molecule has 1 saturated heterocycles. The maximum Gasteiger partial charge on any atom is 0.322 e. The highest BCUT2D eigenvalue weighted by Crippen LogP contribution is 2.22. The lowest BCUT2D eigenvalue weighted by atomic mass is 10.2.